The Bertz CT molecular complexity index is 797. The molecule has 0 radical (unpaired) electrons. The van der Waals surface area contributed by atoms with E-state index in [9.17, 15) is 8.78 Å². The van der Waals surface area contributed by atoms with Crippen LogP contribution in [0, 0.1) is 11.6 Å². The van der Waals surface area contributed by atoms with Gasteiger partial charge in [-0.1, -0.05) is 6.07 Å². The molecule has 0 saturated carbocycles. The third-order valence-electron chi connectivity index (χ3n) is 3.23. The molecule has 3 rings (SSSR count). The second-order valence-corrected chi connectivity index (χ2v) is 4.60. The van der Waals surface area contributed by atoms with Crippen LogP contribution in [0.5, 0.6) is 0 Å². The van der Waals surface area contributed by atoms with Gasteiger partial charge >= 0.3 is 0 Å². The SMILES string of the molecule is Cn1nc(-c2cc(F)ccc2F)c(-c2cccnc2)c1N. The Morgan fingerprint density at radius 3 is 2.71 bits per heavy atom. The summed E-state index contributed by atoms with van der Waals surface area (Å²) < 4.78 is 28.9. The minimum absolute atomic E-state index is 0.0705. The third-order valence-corrected chi connectivity index (χ3v) is 3.23. The summed E-state index contributed by atoms with van der Waals surface area (Å²) in [5, 5.41) is 4.22. The Kier molecular flexibility index (Phi) is 3.13. The molecular formula is C15H12F2N4. The predicted octanol–water partition coefficient (Wildman–Crippen LogP) is 3.01. The molecule has 106 valence electrons. The number of aryl methyl sites for hydroxylation is 1. The molecule has 0 aliphatic heterocycles. The molecule has 3 aromatic rings. The molecule has 4 nitrogen and oxygen atoms in total. The summed E-state index contributed by atoms with van der Waals surface area (Å²) in [7, 11) is 1.65. The number of hydrogen-bond donors (Lipinski definition) is 1. The van der Waals surface area contributed by atoms with Crippen LogP contribution in [0.1, 0.15) is 0 Å². The van der Waals surface area contributed by atoms with E-state index in [0.717, 1.165) is 18.2 Å². The van der Waals surface area contributed by atoms with E-state index >= 15 is 0 Å². The number of nitrogens with two attached hydrogens (primary N) is 1. The number of benzene rings is 1. The first-order chi connectivity index (χ1) is 10.1. The fraction of sp³-hybridized carbons (Fsp3) is 0.0667. The Hall–Kier alpha value is -2.76. The number of nitrogens with zero attached hydrogens (tertiary/aromatic N) is 3. The summed E-state index contributed by atoms with van der Waals surface area (Å²) in [6, 6.07) is 6.78. The topological polar surface area (TPSA) is 56.7 Å². The van der Waals surface area contributed by atoms with Gasteiger partial charge in [-0.05, 0) is 24.3 Å². The van der Waals surface area contributed by atoms with Crippen LogP contribution in [0.3, 0.4) is 0 Å². The van der Waals surface area contributed by atoms with E-state index in [-0.39, 0.29) is 5.56 Å². The summed E-state index contributed by atoms with van der Waals surface area (Å²) in [5.41, 5.74) is 7.61. The molecule has 0 atom stereocenters. The van der Waals surface area contributed by atoms with Crippen LogP contribution in [0.15, 0.2) is 42.7 Å². The van der Waals surface area contributed by atoms with Crippen molar-refractivity contribution in [2.75, 3.05) is 5.73 Å². The standard InChI is InChI=1S/C15H12F2N4/c1-21-15(18)13(9-3-2-6-19-8-9)14(20-21)11-7-10(16)4-5-12(11)17/h2-8H,18H2,1H3. The fourth-order valence-electron chi connectivity index (χ4n) is 2.20. The largest absolute Gasteiger partial charge is 0.383 e. The minimum atomic E-state index is -0.556. The van der Waals surface area contributed by atoms with E-state index in [0.29, 0.717) is 22.6 Å². The van der Waals surface area contributed by atoms with Crippen molar-refractivity contribution in [2.45, 2.75) is 0 Å². The van der Waals surface area contributed by atoms with Gasteiger partial charge in [-0.25, -0.2) is 8.78 Å². The first-order valence-electron chi connectivity index (χ1n) is 6.26. The van der Waals surface area contributed by atoms with Crippen molar-refractivity contribution in [3.63, 3.8) is 0 Å². The molecule has 0 amide bonds. The van der Waals surface area contributed by atoms with Crippen LogP contribution in [-0.2, 0) is 7.05 Å². The van der Waals surface area contributed by atoms with Crippen molar-refractivity contribution < 1.29 is 8.78 Å². The lowest BCUT2D eigenvalue weighted by Gasteiger charge is -2.05. The highest BCUT2D eigenvalue weighted by atomic mass is 19.1. The van der Waals surface area contributed by atoms with Gasteiger partial charge in [0.05, 0.1) is 5.56 Å². The van der Waals surface area contributed by atoms with Gasteiger partial charge in [-0.3, -0.25) is 9.67 Å². The molecule has 0 spiro atoms. The summed E-state index contributed by atoms with van der Waals surface area (Å²) in [4.78, 5) is 4.03. The van der Waals surface area contributed by atoms with Crippen molar-refractivity contribution in [3.05, 3.63) is 54.4 Å². The number of hydrogen-bond acceptors (Lipinski definition) is 3. The molecular weight excluding hydrogens is 274 g/mol. The minimum Gasteiger partial charge on any atom is -0.383 e. The molecule has 2 N–H and O–H groups in total. The highest BCUT2D eigenvalue weighted by Crippen LogP contribution is 2.36. The van der Waals surface area contributed by atoms with Gasteiger partial charge in [0.2, 0.25) is 0 Å². The number of nitrogen functional groups attached to an aromatic ring is 1. The normalized spacial score (nSPS) is 10.8. The first-order valence-corrected chi connectivity index (χ1v) is 6.26. The van der Waals surface area contributed by atoms with Gasteiger partial charge in [0, 0.05) is 30.6 Å². The van der Waals surface area contributed by atoms with Crippen molar-refractivity contribution in [1.29, 1.82) is 0 Å². The maximum atomic E-state index is 14.0. The van der Waals surface area contributed by atoms with Crippen LogP contribution >= 0.6 is 0 Å². The molecule has 6 heteroatoms. The summed E-state index contributed by atoms with van der Waals surface area (Å²) in [6.07, 6.45) is 3.23. The monoisotopic (exact) mass is 286 g/mol. The fourth-order valence-corrected chi connectivity index (χ4v) is 2.20. The zero-order chi connectivity index (χ0) is 15.0. The lowest BCUT2D eigenvalue weighted by Crippen LogP contribution is -1.98. The van der Waals surface area contributed by atoms with Gasteiger partial charge in [-0.15, -0.1) is 0 Å². The van der Waals surface area contributed by atoms with Gasteiger partial charge in [0.15, 0.2) is 0 Å². The van der Waals surface area contributed by atoms with Crippen molar-refractivity contribution in [1.82, 2.24) is 14.8 Å². The highest BCUT2D eigenvalue weighted by molar-refractivity contribution is 5.87. The van der Waals surface area contributed by atoms with Gasteiger partial charge in [0.25, 0.3) is 0 Å². The van der Waals surface area contributed by atoms with Crippen molar-refractivity contribution >= 4 is 5.82 Å². The number of halogens is 2. The van der Waals surface area contributed by atoms with Crippen molar-refractivity contribution in [3.8, 4) is 22.4 Å². The zero-order valence-corrected chi connectivity index (χ0v) is 11.2. The number of aromatic nitrogens is 3. The summed E-state index contributed by atoms with van der Waals surface area (Å²) >= 11 is 0. The molecule has 0 fully saturated rings. The molecule has 0 bridgehead atoms. The highest BCUT2D eigenvalue weighted by Gasteiger charge is 2.20. The van der Waals surface area contributed by atoms with Crippen LogP contribution < -0.4 is 5.73 Å². The van der Waals surface area contributed by atoms with Crippen LogP contribution in [0.25, 0.3) is 22.4 Å². The van der Waals surface area contributed by atoms with E-state index in [2.05, 4.69) is 10.1 Å². The molecule has 21 heavy (non-hydrogen) atoms. The maximum Gasteiger partial charge on any atom is 0.132 e. The maximum absolute atomic E-state index is 14.0. The Labute approximate surface area is 119 Å². The van der Waals surface area contributed by atoms with E-state index in [1.165, 1.54) is 4.68 Å². The molecule has 2 aromatic heterocycles. The van der Waals surface area contributed by atoms with E-state index in [1.54, 1.807) is 31.6 Å². The van der Waals surface area contributed by atoms with Gasteiger partial charge < -0.3 is 5.73 Å². The van der Waals surface area contributed by atoms with Crippen LogP contribution in [-0.4, -0.2) is 14.8 Å². The van der Waals surface area contributed by atoms with Crippen LogP contribution in [0.4, 0.5) is 14.6 Å². The lowest BCUT2D eigenvalue weighted by atomic mass is 10.0. The zero-order valence-electron chi connectivity index (χ0n) is 11.2. The third kappa shape index (κ3) is 2.24. The molecule has 0 unspecified atom stereocenters. The average molecular weight is 286 g/mol. The summed E-state index contributed by atoms with van der Waals surface area (Å²) in [5.74, 6) is -0.728. The molecule has 1 aromatic carbocycles. The average Bonchev–Trinajstić information content (AvgIpc) is 2.78. The second kappa shape index (κ2) is 4.97. The number of pyridine rings is 1. The Balaban J connectivity index is 2.29. The van der Waals surface area contributed by atoms with E-state index < -0.39 is 11.6 Å². The van der Waals surface area contributed by atoms with Crippen molar-refractivity contribution in [2.24, 2.45) is 7.05 Å². The number of rotatable bonds is 2. The Morgan fingerprint density at radius 1 is 1.19 bits per heavy atom. The predicted molar refractivity (Wildman–Crippen MR) is 76.2 cm³/mol. The number of anilines is 1. The Morgan fingerprint density at radius 2 is 2.00 bits per heavy atom. The molecule has 0 aliphatic carbocycles. The smallest absolute Gasteiger partial charge is 0.132 e. The van der Waals surface area contributed by atoms with Gasteiger partial charge in [0.1, 0.15) is 23.1 Å². The van der Waals surface area contributed by atoms with E-state index in [4.69, 9.17) is 5.73 Å². The second-order valence-electron chi connectivity index (χ2n) is 4.60. The quantitative estimate of drug-likeness (QED) is 0.788. The van der Waals surface area contributed by atoms with Crippen LogP contribution in [0.2, 0.25) is 0 Å². The summed E-state index contributed by atoms with van der Waals surface area (Å²) in [6.45, 7) is 0. The first kappa shape index (κ1) is 13.2. The van der Waals surface area contributed by atoms with E-state index in [1.807, 2.05) is 0 Å². The molecule has 0 aliphatic rings. The lowest BCUT2D eigenvalue weighted by molar-refractivity contribution is 0.602. The molecule has 0 saturated heterocycles. The molecule has 2 heterocycles. The van der Waals surface area contributed by atoms with Gasteiger partial charge in [-0.2, -0.15) is 5.10 Å².